The van der Waals surface area contributed by atoms with Crippen molar-refractivity contribution in [3.8, 4) is 0 Å². The summed E-state index contributed by atoms with van der Waals surface area (Å²) in [6.07, 6.45) is 0.771. The van der Waals surface area contributed by atoms with Crippen LogP contribution in [-0.2, 0) is 16.4 Å². The molecule has 0 radical (unpaired) electrons. The average Bonchev–Trinajstić information content (AvgIpc) is 2.70. The van der Waals surface area contributed by atoms with Crippen LogP contribution in [0, 0.1) is 5.92 Å². The highest BCUT2D eigenvalue weighted by Gasteiger charge is 2.29. The van der Waals surface area contributed by atoms with Crippen LogP contribution in [0.5, 0.6) is 0 Å². The zero-order chi connectivity index (χ0) is 14.2. The fourth-order valence-electron chi connectivity index (χ4n) is 2.47. The number of hydrogen-bond donors (Lipinski definition) is 1. The molecule has 1 atom stereocenters. The Labute approximate surface area is 115 Å². The SMILES string of the molecule is CC(C)CS(=O)(=O)N1CCc2cc(C(C)N)ccc21. The van der Waals surface area contributed by atoms with Gasteiger partial charge in [0.15, 0.2) is 0 Å². The van der Waals surface area contributed by atoms with Crippen LogP contribution in [0.3, 0.4) is 0 Å². The van der Waals surface area contributed by atoms with Crippen LogP contribution in [0.1, 0.15) is 37.9 Å². The monoisotopic (exact) mass is 282 g/mol. The second kappa shape index (κ2) is 5.13. The molecule has 0 bridgehead atoms. The minimum atomic E-state index is -3.20. The van der Waals surface area contributed by atoms with E-state index in [4.69, 9.17) is 5.73 Å². The fourth-order valence-corrected chi connectivity index (χ4v) is 4.34. The molecule has 0 saturated heterocycles. The van der Waals surface area contributed by atoms with Gasteiger partial charge < -0.3 is 5.73 Å². The summed E-state index contributed by atoms with van der Waals surface area (Å²) in [6.45, 7) is 6.33. The van der Waals surface area contributed by atoms with Gasteiger partial charge >= 0.3 is 0 Å². The molecule has 0 fully saturated rings. The molecular weight excluding hydrogens is 260 g/mol. The zero-order valence-electron chi connectivity index (χ0n) is 11.8. The smallest absolute Gasteiger partial charge is 0.235 e. The molecule has 2 N–H and O–H groups in total. The minimum absolute atomic E-state index is 0.0216. The van der Waals surface area contributed by atoms with Crippen molar-refractivity contribution in [1.82, 2.24) is 0 Å². The van der Waals surface area contributed by atoms with E-state index in [1.807, 2.05) is 39.0 Å². The van der Waals surface area contributed by atoms with E-state index < -0.39 is 10.0 Å². The van der Waals surface area contributed by atoms with E-state index in [0.29, 0.717) is 6.54 Å². The summed E-state index contributed by atoms with van der Waals surface area (Å²) in [6, 6.07) is 5.82. The molecule has 0 saturated carbocycles. The molecule has 4 nitrogen and oxygen atoms in total. The molecule has 1 aliphatic heterocycles. The number of benzene rings is 1. The Bertz CT molecular complexity index is 565. The van der Waals surface area contributed by atoms with Crippen molar-refractivity contribution >= 4 is 15.7 Å². The molecule has 19 heavy (non-hydrogen) atoms. The van der Waals surface area contributed by atoms with Crippen LogP contribution in [0.15, 0.2) is 18.2 Å². The Kier molecular flexibility index (Phi) is 3.87. The highest BCUT2D eigenvalue weighted by molar-refractivity contribution is 7.92. The summed E-state index contributed by atoms with van der Waals surface area (Å²) in [5.74, 6) is 0.332. The first-order valence-corrected chi connectivity index (χ1v) is 8.31. The maximum absolute atomic E-state index is 12.3. The first kappa shape index (κ1) is 14.3. The quantitative estimate of drug-likeness (QED) is 0.919. The normalized spacial score (nSPS) is 16.8. The van der Waals surface area contributed by atoms with Gasteiger partial charge in [-0.3, -0.25) is 4.31 Å². The first-order chi connectivity index (χ1) is 8.81. The number of nitrogens with two attached hydrogens (primary N) is 1. The van der Waals surface area contributed by atoms with Gasteiger partial charge in [-0.2, -0.15) is 0 Å². The summed E-state index contributed by atoms with van der Waals surface area (Å²) in [5, 5.41) is 0. The predicted octanol–water partition coefficient (Wildman–Crippen LogP) is 2.05. The predicted molar refractivity (Wildman–Crippen MR) is 78.7 cm³/mol. The summed E-state index contributed by atoms with van der Waals surface area (Å²) in [5.41, 5.74) is 8.83. The zero-order valence-corrected chi connectivity index (χ0v) is 12.6. The molecule has 0 spiro atoms. The van der Waals surface area contributed by atoms with Crippen molar-refractivity contribution in [2.75, 3.05) is 16.6 Å². The van der Waals surface area contributed by atoms with Crippen molar-refractivity contribution in [1.29, 1.82) is 0 Å². The van der Waals surface area contributed by atoms with Gasteiger partial charge in [0.2, 0.25) is 10.0 Å². The Morgan fingerprint density at radius 3 is 2.58 bits per heavy atom. The third kappa shape index (κ3) is 2.92. The van der Waals surface area contributed by atoms with E-state index in [2.05, 4.69) is 0 Å². The van der Waals surface area contributed by atoms with Crippen molar-refractivity contribution in [2.45, 2.75) is 33.2 Å². The van der Waals surface area contributed by atoms with E-state index in [-0.39, 0.29) is 17.7 Å². The third-order valence-corrected chi connectivity index (χ3v) is 5.50. The Morgan fingerprint density at radius 1 is 1.32 bits per heavy atom. The summed E-state index contributed by atoms with van der Waals surface area (Å²) >= 11 is 0. The maximum Gasteiger partial charge on any atom is 0.235 e. The van der Waals surface area contributed by atoms with E-state index >= 15 is 0 Å². The second-order valence-electron chi connectivity index (χ2n) is 5.67. The summed E-state index contributed by atoms with van der Waals surface area (Å²) < 4.78 is 26.2. The molecule has 0 aliphatic carbocycles. The van der Waals surface area contributed by atoms with Gasteiger partial charge in [0, 0.05) is 12.6 Å². The lowest BCUT2D eigenvalue weighted by atomic mass is 10.0. The Hall–Kier alpha value is -1.07. The molecule has 2 rings (SSSR count). The Morgan fingerprint density at radius 2 is 2.00 bits per heavy atom. The first-order valence-electron chi connectivity index (χ1n) is 6.70. The molecule has 106 valence electrons. The molecule has 1 aromatic carbocycles. The molecule has 1 aromatic rings. The van der Waals surface area contributed by atoms with Crippen LogP contribution >= 0.6 is 0 Å². The van der Waals surface area contributed by atoms with Crippen LogP contribution in [0.4, 0.5) is 5.69 Å². The molecule has 0 aromatic heterocycles. The topological polar surface area (TPSA) is 63.4 Å². The number of hydrogen-bond acceptors (Lipinski definition) is 3. The summed E-state index contributed by atoms with van der Waals surface area (Å²) in [4.78, 5) is 0. The molecule has 1 aliphatic rings. The number of sulfonamides is 1. The highest BCUT2D eigenvalue weighted by atomic mass is 32.2. The molecule has 1 unspecified atom stereocenters. The van der Waals surface area contributed by atoms with E-state index in [9.17, 15) is 8.42 Å². The van der Waals surface area contributed by atoms with Gasteiger partial charge in [-0.25, -0.2) is 8.42 Å². The average molecular weight is 282 g/mol. The fraction of sp³-hybridized carbons (Fsp3) is 0.571. The van der Waals surface area contributed by atoms with Gasteiger partial charge in [-0.05, 0) is 36.5 Å². The van der Waals surface area contributed by atoms with Gasteiger partial charge in [-0.1, -0.05) is 26.0 Å². The Balaban J connectivity index is 2.33. The van der Waals surface area contributed by atoms with Crippen LogP contribution in [0.25, 0.3) is 0 Å². The van der Waals surface area contributed by atoms with Gasteiger partial charge in [-0.15, -0.1) is 0 Å². The molecule has 1 heterocycles. The largest absolute Gasteiger partial charge is 0.324 e. The van der Waals surface area contributed by atoms with Crippen molar-refractivity contribution in [3.05, 3.63) is 29.3 Å². The van der Waals surface area contributed by atoms with Crippen LogP contribution < -0.4 is 10.0 Å². The van der Waals surface area contributed by atoms with Crippen molar-refractivity contribution in [3.63, 3.8) is 0 Å². The highest BCUT2D eigenvalue weighted by Crippen LogP contribution is 2.32. The third-order valence-electron chi connectivity index (χ3n) is 3.36. The van der Waals surface area contributed by atoms with Crippen molar-refractivity contribution < 1.29 is 8.42 Å². The van der Waals surface area contributed by atoms with E-state index in [1.54, 1.807) is 4.31 Å². The van der Waals surface area contributed by atoms with E-state index in [1.165, 1.54) is 0 Å². The van der Waals surface area contributed by atoms with Gasteiger partial charge in [0.05, 0.1) is 11.4 Å². The number of nitrogens with zero attached hydrogens (tertiary/aromatic N) is 1. The molecule has 0 amide bonds. The minimum Gasteiger partial charge on any atom is -0.324 e. The van der Waals surface area contributed by atoms with Crippen molar-refractivity contribution in [2.24, 2.45) is 11.7 Å². The lowest BCUT2D eigenvalue weighted by molar-refractivity contribution is 0.578. The molecule has 5 heteroatoms. The lowest BCUT2D eigenvalue weighted by Gasteiger charge is -2.21. The standard InChI is InChI=1S/C14H22N2O2S/c1-10(2)9-19(17,18)16-7-6-13-8-12(11(3)15)4-5-14(13)16/h4-5,8,10-11H,6-7,9,15H2,1-3H3. The number of fused-ring (bicyclic) bond motifs is 1. The number of anilines is 1. The number of rotatable bonds is 4. The van der Waals surface area contributed by atoms with Gasteiger partial charge in [0.25, 0.3) is 0 Å². The second-order valence-corrected chi connectivity index (χ2v) is 7.61. The van der Waals surface area contributed by atoms with Crippen LogP contribution in [0.2, 0.25) is 0 Å². The van der Waals surface area contributed by atoms with Gasteiger partial charge in [0.1, 0.15) is 0 Å². The lowest BCUT2D eigenvalue weighted by Crippen LogP contribution is -2.32. The molecular formula is C14H22N2O2S. The van der Waals surface area contributed by atoms with E-state index in [0.717, 1.165) is 23.2 Å². The summed E-state index contributed by atoms with van der Waals surface area (Å²) in [7, 11) is -3.20. The van der Waals surface area contributed by atoms with Crippen LogP contribution in [-0.4, -0.2) is 20.7 Å². The maximum atomic E-state index is 12.3.